The molecule has 0 atom stereocenters. The molecule has 0 aliphatic rings. The summed E-state index contributed by atoms with van der Waals surface area (Å²) in [6.07, 6.45) is 0. The molecule has 2 aromatic carbocycles. The van der Waals surface area contributed by atoms with E-state index in [-0.39, 0.29) is 5.43 Å². The van der Waals surface area contributed by atoms with Gasteiger partial charge in [-0.2, -0.15) is 0 Å². The lowest BCUT2D eigenvalue weighted by Gasteiger charge is -1.99. The van der Waals surface area contributed by atoms with Crippen LogP contribution in [0.25, 0.3) is 21.9 Å². The molecule has 0 fully saturated rings. The Morgan fingerprint density at radius 3 is 1.71 bits per heavy atom. The van der Waals surface area contributed by atoms with Gasteiger partial charge in [0.05, 0.1) is 10.8 Å². The van der Waals surface area contributed by atoms with Gasteiger partial charge in [0.25, 0.3) is 0 Å². The van der Waals surface area contributed by atoms with Gasteiger partial charge in [-0.25, -0.2) is 0 Å². The number of hydrogen-bond donors (Lipinski definition) is 1. The SMILES string of the molecule is O=c1c2ccccc2oc2ccccc12.SCl. The van der Waals surface area contributed by atoms with Crippen LogP contribution in [0.1, 0.15) is 0 Å². The van der Waals surface area contributed by atoms with Crippen LogP contribution in [-0.2, 0) is 0 Å². The summed E-state index contributed by atoms with van der Waals surface area (Å²) < 4.78 is 5.63. The van der Waals surface area contributed by atoms with Gasteiger partial charge in [0, 0.05) is 0 Å². The first-order valence-corrected chi connectivity index (χ1v) is 6.29. The fraction of sp³-hybridized carbons (Fsp3) is 0. The molecular weight excluding hydrogens is 256 g/mol. The third kappa shape index (κ3) is 2.16. The molecule has 0 aliphatic heterocycles. The van der Waals surface area contributed by atoms with Gasteiger partial charge in [-0.1, -0.05) is 36.1 Å². The van der Waals surface area contributed by atoms with Gasteiger partial charge >= 0.3 is 0 Å². The predicted octanol–water partition coefficient (Wildman–Crippen LogP) is 4.02. The summed E-state index contributed by atoms with van der Waals surface area (Å²) in [6.45, 7) is 0. The minimum absolute atomic E-state index is 0.0347. The monoisotopic (exact) mass is 264 g/mol. The highest BCUT2D eigenvalue weighted by molar-refractivity contribution is 8.05. The van der Waals surface area contributed by atoms with Crippen molar-refractivity contribution in [2.75, 3.05) is 0 Å². The third-order valence-corrected chi connectivity index (χ3v) is 2.48. The van der Waals surface area contributed by atoms with Crippen LogP contribution in [0.4, 0.5) is 0 Å². The molecule has 0 saturated heterocycles. The first-order valence-electron chi connectivity index (χ1n) is 4.94. The second-order valence-electron chi connectivity index (χ2n) is 3.42. The largest absolute Gasteiger partial charge is 0.456 e. The molecule has 0 radical (unpaired) electrons. The van der Waals surface area contributed by atoms with Gasteiger partial charge < -0.3 is 4.42 Å². The molecule has 0 saturated carbocycles. The topological polar surface area (TPSA) is 30.2 Å². The van der Waals surface area contributed by atoms with E-state index in [1.165, 1.54) is 0 Å². The van der Waals surface area contributed by atoms with Gasteiger partial charge in [0.15, 0.2) is 0 Å². The second kappa shape index (κ2) is 5.25. The van der Waals surface area contributed by atoms with Crippen LogP contribution in [-0.4, -0.2) is 0 Å². The Balaban J connectivity index is 0.000000514. The van der Waals surface area contributed by atoms with E-state index in [1.54, 1.807) is 12.1 Å². The lowest BCUT2D eigenvalue weighted by atomic mass is 10.1. The molecule has 17 heavy (non-hydrogen) atoms. The third-order valence-electron chi connectivity index (χ3n) is 2.48. The highest BCUT2D eigenvalue weighted by Crippen LogP contribution is 2.17. The van der Waals surface area contributed by atoms with Crippen molar-refractivity contribution in [3.8, 4) is 0 Å². The summed E-state index contributed by atoms with van der Waals surface area (Å²) in [5.74, 6) is 0. The molecule has 3 rings (SSSR count). The number of rotatable bonds is 0. The van der Waals surface area contributed by atoms with Crippen LogP contribution in [0.3, 0.4) is 0 Å². The Morgan fingerprint density at radius 2 is 1.24 bits per heavy atom. The summed E-state index contributed by atoms with van der Waals surface area (Å²) >= 11 is 3.00. The Bertz CT molecular complexity index is 649. The molecule has 3 aromatic rings. The van der Waals surface area contributed by atoms with Crippen molar-refractivity contribution in [2.24, 2.45) is 0 Å². The summed E-state index contributed by atoms with van der Waals surface area (Å²) in [5, 5.41) is 1.27. The molecular formula is C13H9ClO2S. The Kier molecular flexibility index (Phi) is 3.71. The van der Waals surface area contributed by atoms with E-state index in [9.17, 15) is 4.79 Å². The first-order chi connectivity index (χ1) is 8.36. The van der Waals surface area contributed by atoms with Crippen molar-refractivity contribution in [1.29, 1.82) is 0 Å². The molecule has 0 aliphatic carbocycles. The van der Waals surface area contributed by atoms with Crippen molar-refractivity contribution in [3.63, 3.8) is 0 Å². The van der Waals surface area contributed by atoms with E-state index in [1.807, 2.05) is 36.4 Å². The van der Waals surface area contributed by atoms with Crippen molar-refractivity contribution in [1.82, 2.24) is 0 Å². The van der Waals surface area contributed by atoms with Crippen LogP contribution in [0.2, 0.25) is 0 Å². The molecule has 1 heterocycles. The number of hydrogen-bond acceptors (Lipinski definition) is 3. The Morgan fingerprint density at radius 1 is 0.824 bits per heavy atom. The average molecular weight is 265 g/mol. The first kappa shape index (κ1) is 12.0. The summed E-state index contributed by atoms with van der Waals surface area (Å²) in [5.41, 5.74) is 1.31. The minimum atomic E-state index is 0.0347. The zero-order valence-electron chi connectivity index (χ0n) is 8.76. The smallest absolute Gasteiger partial charge is 0.200 e. The highest BCUT2D eigenvalue weighted by atomic mass is 35.7. The molecule has 86 valence electrons. The van der Waals surface area contributed by atoms with Crippen LogP contribution in [0.5, 0.6) is 0 Å². The lowest BCUT2D eigenvalue weighted by molar-refractivity contribution is 0.660. The summed E-state index contributed by atoms with van der Waals surface area (Å²) in [7, 11) is 4.33. The minimum Gasteiger partial charge on any atom is -0.456 e. The highest BCUT2D eigenvalue weighted by Gasteiger charge is 2.04. The van der Waals surface area contributed by atoms with Crippen molar-refractivity contribution >= 4 is 44.5 Å². The molecule has 0 bridgehead atoms. The van der Waals surface area contributed by atoms with Crippen LogP contribution in [0.15, 0.2) is 57.7 Å². The predicted molar refractivity (Wildman–Crippen MR) is 74.8 cm³/mol. The molecule has 0 unspecified atom stereocenters. The maximum Gasteiger partial charge on any atom is 0.200 e. The van der Waals surface area contributed by atoms with Gasteiger partial charge in [0.1, 0.15) is 11.2 Å². The van der Waals surface area contributed by atoms with E-state index in [0.717, 1.165) is 0 Å². The quantitative estimate of drug-likeness (QED) is 0.491. The van der Waals surface area contributed by atoms with E-state index in [4.69, 9.17) is 4.42 Å². The van der Waals surface area contributed by atoms with Crippen molar-refractivity contribution in [2.45, 2.75) is 0 Å². The van der Waals surface area contributed by atoms with E-state index in [2.05, 4.69) is 22.5 Å². The zero-order chi connectivity index (χ0) is 12.3. The number of thiol groups is 1. The lowest BCUT2D eigenvalue weighted by Crippen LogP contribution is -2.01. The number of para-hydroxylation sites is 2. The maximum absolute atomic E-state index is 12.0. The van der Waals surface area contributed by atoms with Crippen LogP contribution in [0, 0.1) is 0 Å². The second-order valence-corrected chi connectivity index (χ2v) is 3.42. The normalized spacial score (nSPS) is 10.0. The van der Waals surface area contributed by atoms with Crippen LogP contribution < -0.4 is 5.43 Å². The Hall–Kier alpha value is -1.45. The average Bonchev–Trinajstić information content (AvgIpc) is 2.41. The number of fused-ring (bicyclic) bond motifs is 2. The van der Waals surface area contributed by atoms with Gasteiger partial charge in [-0.3, -0.25) is 4.79 Å². The van der Waals surface area contributed by atoms with Gasteiger partial charge in [0.2, 0.25) is 5.43 Å². The molecule has 1 aromatic heterocycles. The Labute approximate surface area is 108 Å². The molecule has 0 N–H and O–H groups in total. The van der Waals surface area contributed by atoms with Gasteiger partial charge in [-0.15, -0.1) is 0 Å². The summed E-state index contributed by atoms with van der Waals surface area (Å²) in [6, 6.07) is 14.6. The fourth-order valence-corrected chi connectivity index (χ4v) is 1.75. The van der Waals surface area contributed by atoms with Crippen LogP contribution >= 0.6 is 22.5 Å². The molecule has 0 spiro atoms. The molecule has 0 amide bonds. The van der Waals surface area contributed by atoms with Crippen molar-refractivity contribution in [3.05, 3.63) is 58.8 Å². The maximum atomic E-state index is 12.0. The van der Waals surface area contributed by atoms with Crippen molar-refractivity contribution < 1.29 is 4.42 Å². The van der Waals surface area contributed by atoms with Gasteiger partial charge in [-0.05, 0) is 34.9 Å². The number of benzene rings is 2. The zero-order valence-corrected chi connectivity index (χ0v) is 10.4. The standard InChI is InChI=1S/C13H8O2.ClHS/c14-13-9-5-1-3-7-11(9)15-12-8-4-2-6-10(12)13;1-2/h1-8H;2H. The fourth-order valence-electron chi connectivity index (χ4n) is 1.75. The van der Waals surface area contributed by atoms with E-state index < -0.39 is 0 Å². The number of halogens is 1. The molecule has 2 nitrogen and oxygen atoms in total. The van der Waals surface area contributed by atoms with E-state index in [0.29, 0.717) is 21.9 Å². The molecule has 4 heteroatoms. The van der Waals surface area contributed by atoms with E-state index >= 15 is 0 Å². The summed E-state index contributed by atoms with van der Waals surface area (Å²) in [4.78, 5) is 12.0.